The van der Waals surface area contributed by atoms with Crippen LogP contribution >= 0.6 is 0 Å². The van der Waals surface area contributed by atoms with Crippen molar-refractivity contribution in [2.24, 2.45) is 5.92 Å². The van der Waals surface area contributed by atoms with Gasteiger partial charge < -0.3 is 0 Å². The third-order valence-corrected chi connectivity index (χ3v) is 3.99. The second kappa shape index (κ2) is 6.36. The number of nitrogens with zero attached hydrogens (tertiary/aromatic N) is 4. The number of nitriles is 1. The smallest absolute Gasteiger partial charge is 0.150 e. The van der Waals surface area contributed by atoms with E-state index in [1.165, 1.54) is 0 Å². The molecule has 1 atom stereocenters. The summed E-state index contributed by atoms with van der Waals surface area (Å²) < 4.78 is 1.95. The largest absolute Gasteiger partial charge is 0.298 e. The van der Waals surface area contributed by atoms with Gasteiger partial charge in [-0.25, -0.2) is 9.67 Å². The predicted octanol–water partition coefficient (Wildman–Crippen LogP) is 2.07. The second-order valence-corrected chi connectivity index (χ2v) is 5.59. The van der Waals surface area contributed by atoms with Gasteiger partial charge in [0.05, 0.1) is 12.6 Å². The average molecular weight is 275 g/mol. The highest BCUT2D eigenvalue weighted by Crippen LogP contribution is 2.40. The van der Waals surface area contributed by atoms with E-state index < -0.39 is 5.54 Å². The minimum atomic E-state index is -0.474. The van der Waals surface area contributed by atoms with Gasteiger partial charge in [0.1, 0.15) is 11.4 Å². The van der Waals surface area contributed by atoms with E-state index in [1.807, 2.05) is 4.68 Å². The Morgan fingerprint density at radius 3 is 2.60 bits per heavy atom. The molecule has 1 N–H and O–H groups in total. The quantitative estimate of drug-likeness (QED) is 0.788. The lowest BCUT2D eigenvalue weighted by Gasteiger charge is -2.28. The maximum atomic E-state index is 9.73. The fourth-order valence-corrected chi connectivity index (χ4v) is 2.62. The van der Waals surface area contributed by atoms with Crippen LogP contribution in [0.25, 0.3) is 0 Å². The van der Waals surface area contributed by atoms with E-state index >= 15 is 0 Å². The SMILES string of the molecule is CCCNC(C#N)(Cn1nc(CC)nc1CC)C1CC1. The Kier molecular flexibility index (Phi) is 4.77. The molecule has 0 saturated heterocycles. The Bertz CT molecular complexity index is 483. The fourth-order valence-electron chi connectivity index (χ4n) is 2.62. The molecule has 1 aromatic rings. The van der Waals surface area contributed by atoms with E-state index in [-0.39, 0.29) is 0 Å². The molecule has 110 valence electrons. The summed E-state index contributed by atoms with van der Waals surface area (Å²) >= 11 is 0. The van der Waals surface area contributed by atoms with E-state index in [0.29, 0.717) is 12.5 Å². The summed E-state index contributed by atoms with van der Waals surface area (Å²) in [6, 6.07) is 2.54. The molecule has 2 rings (SSSR count). The lowest BCUT2D eigenvalue weighted by molar-refractivity contribution is 0.301. The summed E-state index contributed by atoms with van der Waals surface area (Å²) in [5, 5.41) is 17.8. The highest BCUT2D eigenvalue weighted by molar-refractivity contribution is 5.15. The van der Waals surface area contributed by atoms with E-state index in [2.05, 4.69) is 42.2 Å². The van der Waals surface area contributed by atoms with E-state index in [4.69, 9.17) is 0 Å². The van der Waals surface area contributed by atoms with Crippen molar-refractivity contribution >= 4 is 0 Å². The molecule has 1 aromatic heterocycles. The molecule has 1 aliphatic carbocycles. The van der Waals surface area contributed by atoms with Crippen molar-refractivity contribution in [1.29, 1.82) is 5.26 Å². The van der Waals surface area contributed by atoms with Crippen LogP contribution in [0.5, 0.6) is 0 Å². The molecule has 1 unspecified atom stereocenters. The molecule has 0 bridgehead atoms. The maximum absolute atomic E-state index is 9.73. The number of nitrogens with one attached hydrogen (secondary N) is 1. The fraction of sp³-hybridized carbons (Fsp3) is 0.800. The van der Waals surface area contributed by atoms with Crippen LogP contribution in [-0.2, 0) is 19.4 Å². The molecule has 0 aromatic carbocycles. The van der Waals surface area contributed by atoms with Crippen LogP contribution in [0, 0.1) is 17.2 Å². The number of aryl methyl sites for hydroxylation is 2. The summed E-state index contributed by atoms with van der Waals surface area (Å²) in [7, 11) is 0. The first-order chi connectivity index (χ1) is 9.69. The molecule has 5 nitrogen and oxygen atoms in total. The number of rotatable bonds is 8. The zero-order chi connectivity index (χ0) is 14.6. The molecular formula is C15H25N5. The Morgan fingerprint density at radius 1 is 1.35 bits per heavy atom. The first-order valence-corrected chi connectivity index (χ1v) is 7.77. The summed E-state index contributed by atoms with van der Waals surface area (Å²) in [4.78, 5) is 4.54. The van der Waals surface area contributed by atoms with Crippen LogP contribution in [0.4, 0.5) is 0 Å². The molecule has 5 heteroatoms. The lowest BCUT2D eigenvalue weighted by Crippen LogP contribution is -2.50. The molecule has 0 amide bonds. The Labute approximate surface area is 121 Å². The van der Waals surface area contributed by atoms with Crippen molar-refractivity contribution in [3.05, 3.63) is 11.6 Å². The van der Waals surface area contributed by atoms with Gasteiger partial charge in [-0.1, -0.05) is 20.8 Å². The standard InChI is InChI=1S/C15H25N5/c1-4-9-17-15(10-16,12-7-8-12)11-20-14(6-3)18-13(5-2)19-20/h12,17H,4-9,11H2,1-3H3. The zero-order valence-corrected chi connectivity index (χ0v) is 12.8. The molecule has 1 heterocycles. The van der Waals surface area contributed by atoms with Gasteiger partial charge in [-0.3, -0.25) is 5.32 Å². The predicted molar refractivity (Wildman–Crippen MR) is 78.1 cm³/mol. The van der Waals surface area contributed by atoms with Gasteiger partial charge in [0.15, 0.2) is 5.82 Å². The monoisotopic (exact) mass is 275 g/mol. The second-order valence-electron chi connectivity index (χ2n) is 5.59. The summed E-state index contributed by atoms with van der Waals surface area (Å²) in [6.07, 6.45) is 5.01. The molecule has 1 aliphatic rings. The van der Waals surface area contributed by atoms with Crippen LogP contribution in [0.15, 0.2) is 0 Å². The van der Waals surface area contributed by atoms with E-state index in [9.17, 15) is 5.26 Å². The third-order valence-electron chi connectivity index (χ3n) is 3.99. The third kappa shape index (κ3) is 3.01. The minimum absolute atomic E-state index is 0.457. The maximum Gasteiger partial charge on any atom is 0.150 e. The van der Waals surface area contributed by atoms with Crippen molar-refractivity contribution in [3.8, 4) is 6.07 Å². The van der Waals surface area contributed by atoms with Gasteiger partial charge in [-0.05, 0) is 31.7 Å². The summed E-state index contributed by atoms with van der Waals surface area (Å²) in [5.74, 6) is 2.32. The number of hydrogen-bond donors (Lipinski definition) is 1. The van der Waals surface area contributed by atoms with Gasteiger partial charge in [0, 0.05) is 12.8 Å². The van der Waals surface area contributed by atoms with Gasteiger partial charge in [0.2, 0.25) is 0 Å². The average Bonchev–Trinajstić information content (AvgIpc) is 3.25. The normalized spacial score (nSPS) is 17.7. The molecule has 0 spiro atoms. The van der Waals surface area contributed by atoms with Crippen LogP contribution in [0.1, 0.15) is 51.7 Å². The van der Waals surface area contributed by atoms with Crippen molar-refractivity contribution in [2.45, 2.75) is 65.0 Å². The Morgan fingerprint density at radius 2 is 2.10 bits per heavy atom. The first-order valence-electron chi connectivity index (χ1n) is 7.77. The molecule has 1 saturated carbocycles. The van der Waals surface area contributed by atoms with Crippen molar-refractivity contribution < 1.29 is 0 Å². The Hall–Kier alpha value is -1.41. The van der Waals surface area contributed by atoms with Crippen molar-refractivity contribution in [3.63, 3.8) is 0 Å². The van der Waals surface area contributed by atoms with Crippen LogP contribution in [-0.4, -0.2) is 26.8 Å². The number of aromatic nitrogens is 3. The summed E-state index contributed by atoms with van der Waals surface area (Å²) in [5.41, 5.74) is -0.474. The highest BCUT2D eigenvalue weighted by Gasteiger charge is 2.46. The Balaban J connectivity index is 2.23. The van der Waals surface area contributed by atoms with Crippen LogP contribution < -0.4 is 5.32 Å². The van der Waals surface area contributed by atoms with Gasteiger partial charge >= 0.3 is 0 Å². The highest BCUT2D eigenvalue weighted by atomic mass is 15.4. The summed E-state index contributed by atoms with van der Waals surface area (Å²) in [6.45, 7) is 7.77. The molecule has 0 aliphatic heterocycles. The molecular weight excluding hydrogens is 250 g/mol. The van der Waals surface area contributed by atoms with Gasteiger partial charge in [-0.2, -0.15) is 10.4 Å². The number of hydrogen-bond acceptors (Lipinski definition) is 4. The lowest BCUT2D eigenvalue weighted by atomic mass is 9.94. The van der Waals surface area contributed by atoms with Gasteiger partial charge in [-0.15, -0.1) is 0 Å². The first kappa shape index (κ1) is 15.0. The van der Waals surface area contributed by atoms with Crippen LogP contribution in [0.3, 0.4) is 0 Å². The van der Waals surface area contributed by atoms with E-state index in [1.54, 1.807) is 0 Å². The topological polar surface area (TPSA) is 66.5 Å². The van der Waals surface area contributed by atoms with Gasteiger partial charge in [0.25, 0.3) is 0 Å². The van der Waals surface area contributed by atoms with Crippen LogP contribution in [0.2, 0.25) is 0 Å². The van der Waals surface area contributed by atoms with Crippen molar-refractivity contribution in [1.82, 2.24) is 20.1 Å². The molecule has 0 radical (unpaired) electrons. The molecule has 20 heavy (non-hydrogen) atoms. The minimum Gasteiger partial charge on any atom is -0.298 e. The van der Waals surface area contributed by atoms with E-state index in [0.717, 1.165) is 50.3 Å². The molecule has 1 fully saturated rings. The van der Waals surface area contributed by atoms with Crippen molar-refractivity contribution in [2.75, 3.05) is 6.54 Å². The zero-order valence-electron chi connectivity index (χ0n) is 12.8.